The molecule has 4 nitrogen and oxygen atoms in total. The molecule has 34 heavy (non-hydrogen) atoms. The maximum Gasteiger partial charge on any atom is 0.225 e. The first-order valence-electron chi connectivity index (χ1n) is 12.1. The van der Waals surface area contributed by atoms with E-state index in [2.05, 4.69) is 59.8 Å². The highest BCUT2D eigenvalue weighted by Crippen LogP contribution is 2.38. The number of benzene rings is 3. The van der Waals surface area contributed by atoms with E-state index in [1.54, 1.807) is 12.1 Å². The van der Waals surface area contributed by atoms with Crippen molar-refractivity contribution in [2.24, 2.45) is 13.0 Å². The number of imidazole rings is 1. The number of hydrogen-bond acceptors (Lipinski definition) is 2. The molecule has 2 heterocycles. The molecule has 0 bridgehead atoms. The predicted molar refractivity (Wildman–Crippen MR) is 133 cm³/mol. The Morgan fingerprint density at radius 2 is 1.56 bits per heavy atom. The maximum atomic E-state index is 13.3. The minimum absolute atomic E-state index is 0.228. The molecule has 1 saturated heterocycles. The quantitative estimate of drug-likeness (QED) is 0.376. The summed E-state index contributed by atoms with van der Waals surface area (Å²) < 4.78 is 15.5. The first-order valence-corrected chi connectivity index (χ1v) is 12.1. The number of hydrogen-bond donors (Lipinski definition) is 0. The van der Waals surface area contributed by atoms with Gasteiger partial charge in [0.1, 0.15) is 11.6 Å². The molecule has 1 unspecified atom stereocenters. The van der Waals surface area contributed by atoms with E-state index in [4.69, 9.17) is 4.98 Å². The molecule has 0 spiro atoms. The number of carbonyl (C=O) groups excluding carboxylic acids is 1. The molecule has 1 aromatic heterocycles. The number of likely N-dealkylation sites (tertiary alicyclic amines) is 1. The van der Waals surface area contributed by atoms with Gasteiger partial charge in [-0.25, -0.2) is 9.37 Å². The Morgan fingerprint density at radius 3 is 2.24 bits per heavy atom. The lowest BCUT2D eigenvalue weighted by molar-refractivity contribution is -0.131. The van der Waals surface area contributed by atoms with Crippen LogP contribution >= 0.6 is 0 Å². The third kappa shape index (κ3) is 3.60. The molecular weight excluding hydrogens is 425 g/mol. The summed E-state index contributed by atoms with van der Waals surface area (Å²) in [6.45, 7) is 3.78. The lowest BCUT2D eigenvalue weighted by Crippen LogP contribution is -2.29. The predicted octanol–water partition coefficient (Wildman–Crippen LogP) is 6.08. The van der Waals surface area contributed by atoms with E-state index in [1.165, 1.54) is 23.3 Å². The number of fused-ring (bicyclic) bond motifs is 1. The van der Waals surface area contributed by atoms with Crippen LogP contribution in [0.15, 0.2) is 60.7 Å². The molecule has 0 N–H and O–H groups in total. The average Bonchev–Trinajstić information content (AvgIpc) is 3.48. The molecule has 5 heteroatoms. The zero-order valence-electron chi connectivity index (χ0n) is 19.6. The van der Waals surface area contributed by atoms with Crippen molar-refractivity contribution in [3.8, 4) is 22.5 Å². The zero-order chi connectivity index (χ0) is 23.4. The Hall–Kier alpha value is -3.47. The Balaban J connectivity index is 1.34. The average molecular weight is 454 g/mol. The number of aryl methyl sites for hydroxylation is 2. The molecular formula is C29H28FN3O. The highest BCUT2D eigenvalue weighted by atomic mass is 19.1. The number of carbonyl (C=O) groups is 1. The second-order valence-corrected chi connectivity index (χ2v) is 9.79. The van der Waals surface area contributed by atoms with E-state index < -0.39 is 0 Å². The van der Waals surface area contributed by atoms with E-state index in [1.807, 2.05) is 0 Å². The van der Waals surface area contributed by atoms with Crippen molar-refractivity contribution in [1.82, 2.24) is 14.5 Å². The van der Waals surface area contributed by atoms with Gasteiger partial charge in [-0.3, -0.25) is 4.79 Å². The van der Waals surface area contributed by atoms with Gasteiger partial charge in [0, 0.05) is 37.5 Å². The van der Waals surface area contributed by atoms with Gasteiger partial charge in [0.05, 0.1) is 11.0 Å². The molecule has 3 aromatic carbocycles. The van der Waals surface area contributed by atoms with Crippen LogP contribution in [-0.2, 0) is 11.8 Å². The minimum Gasteiger partial charge on any atom is -0.342 e. The number of amides is 1. The number of rotatable bonds is 4. The standard InChI is InChI=1S/C29H28FN3O/c1-18-3-14-25(23-15-16-33(17-23)29(34)22-8-9-22)26-27(18)32(2)28(31-26)21-6-4-19(5-7-21)20-10-12-24(30)13-11-20/h3-7,10-14,22-23H,8-9,15-17H2,1-2H3. The number of nitrogens with zero attached hydrogens (tertiary/aromatic N) is 3. The molecule has 0 radical (unpaired) electrons. The van der Waals surface area contributed by atoms with Gasteiger partial charge < -0.3 is 9.47 Å². The third-order valence-electron chi connectivity index (χ3n) is 7.44. The normalized spacial score (nSPS) is 18.1. The Labute approximate surface area is 199 Å². The van der Waals surface area contributed by atoms with Crippen molar-refractivity contribution in [1.29, 1.82) is 0 Å². The van der Waals surface area contributed by atoms with Crippen LogP contribution in [0.1, 0.15) is 36.3 Å². The SMILES string of the molecule is Cc1ccc(C2CCN(C(=O)C3CC3)C2)c2nc(-c3ccc(-c4ccc(F)cc4)cc3)n(C)c12. The van der Waals surface area contributed by atoms with Crippen molar-refractivity contribution in [3.05, 3.63) is 77.6 Å². The van der Waals surface area contributed by atoms with E-state index >= 15 is 0 Å². The fourth-order valence-electron chi connectivity index (χ4n) is 5.37. The number of halogens is 1. The van der Waals surface area contributed by atoms with Crippen LogP contribution in [0.2, 0.25) is 0 Å². The summed E-state index contributed by atoms with van der Waals surface area (Å²) in [7, 11) is 2.08. The van der Waals surface area contributed by atoms with Gasteiger partial charge in [0.2, 0.25) is 5.91 Å². The number of aromatic nitrogens is 2. The maximum absolute atomic E-state index is 13.3. The molecule has 6 rings (SSSR count). The molecule has 1 aliphatic heterocycles. The van der Waals surface area contributed by atoms with Crippen molar-refractivity contribution in [2.45, 2.75) is 32.1 Å². The summed E-state index contributed by atoms with van der Waals surface area (Å²) in [6, 6.07) is 19.3. The highest BCUT2D eigenvalue weighted by Gasteiger charge is 2.37. The smallest absolute Gasteiger partial charge is 0.225 e. The van der Waals surface area contributed by atoms with Crippen LogP contribution in [0.5, 0.6) is 0 Å². The molecule has 1 aliphatic carbocycles. The summed E-state index contributed by atoms with van der Waals surface area (Å²) in [5, 5.41) is 0. The molecule has 1 amide bonds. The fourth-order valence-corrected chi connectivity index (χ4v) is 5.37. The van der Waals surface area contributed by atoms with E-state index in [0.717, 1.165) is 65.9 Å². The van der Waals surface area contributed by atoms with Gasteiger partial charge in [-0.05, 0) is 60.6 Å². The van der Waals surface area contributed by atoms with Crippen LogP contribution in [0.4, 0.5) is 4.39 Å². The summed E-state index contributed by atoms with van der Waals surface area (Å²) in [5.41, 5.74) is 7.73. The molecule has 1 saturated carbocycles. The van der Waals surface area contributed by atoms with Crippen LogP contribution in [0.3, 0.4) is 0 Å². The largest absolute Gasteiger partial charge is 0.342 e. The van der Waals surface area contributed by atoms with Crippen molar-refractivity contribution < 1.29 is 9.18 Å². The monoisotopic (exact) mass is 453 g/mol. The lowest BCUT2D eigenvalue weighted by Gasteiger charge is -2.17. The van der Waals surface area contributed by atoms with Crippen LogP contribution in [-0.4, -0.2) is 33.4 Å². The van der Waals surface area contributed by atoms with Crippen LogP contribution < -0.4 is 0 Å². The summed E-state index contributed by atoms with van der Waals surface area (Å²) in [5.74, 6) is 1.65. The highest BCUT2D eigenvalue weighted by molar-refractivity contribution is 5.87. The zero-order valence-corrected chi connectivity index (χ0v) is 19.6. The van der Waals surface area contributed by atoms with Gasteiger partial charge >= 0.3 is 0 Å². The van der Waals surface area contributed by atoms with Gasteiger partial charge in [0.25, 0.3) is 0 Å². The van der Waals surface area contributed by atoms with E-state index in [-0.39, 0.29) is 11.7 Å². The first-order chi connectivity index (χ1) is 16.5. The van der Waals surface area contributed by atoms with Gasteiger partial charge in [0.15, 0.2) is 0 Å². The van der Waals surface area contributed by atoms with Crippen molar-refractivity contribution in [3.63, 3.8) is 0 Å². The summed E-state index contributed by atoms with van der Waals surface area (Å²) in [4.78, 5) is 19.8. The molecule has 2 fully saturated rings. The van der Waals surface area contributed by atoms with Crippen molar-refractivity contribution in [2.75, 3.05) is 13.1 Å². The molecule has 1 atom stereocenters. The Kier molecular flexibility index (Phi) is 5.01. The minimum atomic E-state index is -0.228. The Morgan fingerprint density at radius 1 is 0.912 bits per heavy atom. The lowest BCUT2D eigenvalue weighted by atomic mass is 9.95. The fraction of sp³-hybridized carbons (Fsp3) is 0.310. The van der Waals surface area contributed by atoms with Gasteiger partial charge in [-0.1, -0.05) is 48.5 Å². The third-order valence-corrected chi connectivity index (χ3v) is 7.44. The van der Waals surface area contributed by atoms with E-state index in [9.17, 15) is 9.18 Å². The second-order valence-electron chi connectivity index (χ2n) is 9.79. The summed E-state index contributed by atoms with van der Waals surface area (Å²) >= 11 is 0. The van der Waals surface area contributed by atoms with Crippen molar-refractivity contribution >= 4 is 16.9 Å². The summed E-state index contributed by atoms with van der Waals surface area (Å²) in [6.07, 6.45) is 3.10. The first kappa shape index (κ1) is 21.1. The molecule has 172 valence electrons. The van der Waals surface area contributed by atoms with E-state index in [0.29, 0.717) is 11.8 Å². The second kappa shape index (κ2) is 8.08. The van der Waals surface area contributed by atoms with Crippen LogP contribution in [0, 0.1) is 18.7 Å². The molecule has 2 aliphatic rings. The van der Waals surface area contributed by atoms with Crippen LogP contribution in [0.25, 0.3) is 33.5 Å². The topological polar surface area (TPSA) is 38.1 Å². The van der Waals surface area contributed by atoms with Gasteiger partial charge in [-0.15, -0.1) is 0 Å². The molecule has 4 aromatic rings. The Bertz CT molecular complexity index is 1380. The van der Waals surface area contributed by atoms with Gasteiger partial charge in [-0.2, -0.15) is 0 Å².